The molecule has 0 radical (unpaired) electrons. The lowest BCUT2D eigenvalue weighted by Gasteiger charge is -2.04. The number of nitrogens with zero attached hydrogens (tertiary/aromatic N) is 4. The number of hydrogen-bond donors (Lipinski definition) is 1. The summed E-state index contributed by atoms with van der Waals surface area (Å²) < 4.78 is 5.21. The van der Waals surface area contributed by atoms with Crippen LogP contribution < -0.4 is 0 Å². The maximum atomic E-state index is 11.9. The Morgan fingerprint density at radius 3 is 2.71 bits per heavy atom. The van der Waals surface area contributed by atoms with Crippen LogP contribution in [0.15, 0.2) is 16.7 Å². The molecule has 0 saturated carbocycles. The van der Waals surface area contributed by atoms with Crippen LogP contribution in [0.4, 0.5) is 5.82 Å². The van der Waals surface area contributed by atoms with Crippen molar-refractivity contribution in [3.05, 3.63) is 12.0 Å². The first-order valence-corrected chi connectivity index (χ1v) is 7.44. The molecule has 0 fully saturated rings. The van der Waals surface area contributed by atoms with E-state index in [4.69, 9.17) is 4.74 Å². The van der Waals surface area contributed by atoms with Crippen LogP contribution in [0.3, 0.4) is 0 Å². The number of unbranched alkanes of at least 4 members (excludes halogenated alkanes) is 5. The monoisotopic (exact) mass is 295 g/mol. The number of H-pyrrole nitrogens is 1. The van der Waals surface area contributed by atoms with Crippen LogP contribution >= 0.6 is 0 Å². The predicted molar refractivity (Wildman–Crippen MR) is 80.4 cm³/mol. The fourth-order valence-corrected chi connectivity index (χ4v) is 1.76. The largest absolute Gasteiger partial charge is 0.461 e. The molecule has 0 bridgehead atoms. The molecular weight excluding hydrogens is 270 g/mol. The third kappa shape index (κ3) is 6.87. The fourth-order valence-electron chi connectivity index (χ4n) is 1.76. The molecule has 1 aromatic rings. The molecular formula is C14H25N5O2. The molecule has 7 heteroatoms. The molecule has 1 aromatic heterocycles. The van der Waals surface area contributed by atoms with Crippen molar-refractivity contribution in [2.75, 3.05) is 20.7 Å². The molecule has 1 N–H and O–H groups in total. The van der Waals surface area contributed by atoms with Gasteiger partial charge in [-0.15, -0.1) is 5.11 Å². The first-order chi connectivity index (χ1) is 10.1. The summed E-state index contributed by atoms with van der Waals surface area (Å²) in [4.78, 5) is 18.6. The first-order valence-electron chi connectivity index (χ1n) is 7.44. The Balaban J connectivity index is 2.31. The number of rotatable bonds is 10. The van der Waals surface area contributed by atoms with Gasteiger partial charge in [-0.05, 0) is 6.42 Å². The van der Waals surface area contributed by atoms with Gasteiger partial charge >= 0.3 is 5.97 Å². The number of aromatic nitrogens is 2. The number of esters is 1. The van der Waals surface area contributed by atoms with Gasteiger partial charge in [-0.25, -0.2) is 9.78 Å². The van der Waals surface area contributed by atoms with E-state index in [1.54, 1.807) is 14.1 Å². The van der Waals surface area contributed by atoms with E-state index in [9.17, 15) is 4.79 Å². The Bertz CT molecular complexity index is 442. The SMILES string of the molecule is CCCCCCCCOC(=O)c1[nH]cnc1/N=N/N(C)C. The van der Waals surface area contributed by atoms with Crippen molar-refractivity contribution in [2.24, 2.45) is 10.3 Å². The summed E-state index contributed by atoms with van der Waals surface area (Å²) in [5, 5.41) is 9.22. The maximum absolute atomic E-state index is 11.9. The average Bonchev–Trinajstić information content (AvgIpc) is 2.92. The van der Waals surface area contributed by atoms with Crippen molar-refractivity contribution in [1.29, 1.82) is 0 Å². The minimum atomic E-state index is -0.436. The van der Waals surface area contributed by atoms with E-state index >= 15 is 0 Å². The summed E-state index contributed by atoms with van der Waals surface area (Å²) in [6.07, 6.45) is 8.33. The van der Waals surface area contributed by atoms with E-state index < -0.39 is 5.97 Å². The lowest BCUT2D eigenvalue weighted by Crippen LogP contribution is -2.07. The molecule has 0 aromatic carbocycles. The zero-order valence-corrected chi connectivity index (χ0v) is 13.1. The Morgan fingerprint density at radius 2 is 2.00 bits per heavy atom. The van der Waals surface area contributed by atoms with Gasteiger partial charge in [0.1, 0.15) is 0 Å². The van der Waals surface area contributed by atoms with Gasteiger partial charge in [0.05, 0.1) is 12.9 Å². The minimum absolute atomic E-state index is 0.242. The van der Waals surface area contributed by atoms with Crippen LogP contribution in [0.1, 0.15) is 55.9 Å². The molecule has 0 spiro atoms. The Kier molecular flexibility index (Phi) is 8.08. The Labute approximate surface area is 125 Å². The zero-order chi connectivity index (χ0) is 15.5. The van der Waals surface area contributed by atoms with Gasteiger partial charge in [0.2, 0.25) is 5.82 Å². The molecule has 21 heavy (non-hydrogen) atoms. The smallest absolute Gasteiger partial charge is 0.358 e. The summed E-state index contributed by atoms with van der Waals surface area (Å²) in [5.74, 6) is -0.189. The molecule has 0 aliphatic rings. The van der Waals surface area contributed by atoms with E-state index in [2.05, 4.69) is 27.2 Å². The number of hydrogen-bond acceptors (Lipinski definition) is 5. The molecule has 0 unspecified atom stereocenters. The van der Waals surface area contributed by atoms with Crippen molar-refractivity contribution in [1.82, 2.24) is 15.0 Å². The number of carbonyl (C=O) groups is 1. The van der Waals surface area contributed by atoms with E-state index in [0.717, 1.165) is 12.8 Å². The Hall–Kier alpha value is -1.92. The van der Waals surface area contributed by atoms with Crippen molar-refractivity contribution in [3.8, 4) is 0 Å². The molecule has 1 heterocycles. The standard InChI is InChI=1S/C14H25N5O2/c1-4-5-6-7-8-9-10-21-14(20)12-13(16-11-15-12)17-18-19(2)3/h11H,4-10H2,1-3H3,(H,15,16)/b18-17+. The molecule has 0 aliphatic heterocycles. The summed E-state index contributed by atoms with van der Waals surface area (Å²) >= 11 is 0. The van der Waals surface area contributed by atoms with Crippen molar-refractivity contribution >= 4 is 11.8 Å². The highest BCUT2D eigenvalue weighted by Crippen LogP contribution is 2.15. The summed E-state index contributed by atoms with van der Waals surface area (Å²) in [5.41, 5.74) is 0.242. The number of nitrogens with one attached hydrogen (secondary N) is 1. The lowest BCUT2D eigenvalue weighted by molar-refractivity contribution is 0.0492. The molecule has 1 rings (SSSR count). The van der Waals surface area contributed by atoms with Crippen LogP contribution in [-0.4, -0.2) is 41.6 Å². The van der Waals surface area contributed by atoms with Gasteiger partial charge < -0.3 is 9.72 Å². The topological polar surface area (TPSA) is 82.9 Å². The summed E-state index contributed by atoms with van der Waals surface area (Å²) in [6, 6.07) is 0. The number of ether oxygens (including phenoxy) is 1. The summed E-state index contributed by atoms with van der Waals surface area (Å²) in [6.45, 7) is 2.62. The quantitative estimate of drug-likeness (QED) is 0.310. The highest BCUT2D eigenvalue weighted by atomic mass is 16.5. The molecule has 0 atom stereocenters. The second-order valence-corrected chi connectivity index (χ2v) is 5.04. The van der Waals surface area contributed by atoms with Crippen LogP contribution in [-0.2, 0) is 4.74 Å². The third-order valence-corrected chi connectivity index (χ3v) is 2.87. The Morgan fingerprint density at radius 1 is 1.29 bits per heavy atom. The zero-order valence-electron chi connectivity index (χ0n) is 13.1. The highest BCUT2D eigenvalue weighted by molar-refractivity contribution is 5.91. The fraction of sp³-hybridized carbons (Fsp3) is 0.714. The average molecular weight is 295 g/mol. The third-order valence-electron chi connectivity index (χ3n) is 2.87. The van der Waals surface area contributed by atoms with Gasteiger partial charge in [0.15, 0.2) is 5.69 Å². The molecule has 0 aliphatic carbocycles. The van der Waals surface area contributed by atoms with Crippen molar-refractivity contribution in [3.63, 3.8) is 0 Å². The normalized spacial score (nSPS) is 11.0. The molecule has 7 nitrogen and oxygen atoms in total. The van der Waals surface area contributed by atoms with Gasteiger partial charge in [0, 0.05) is 14.1 Å². The van der Waals surface area contributed by atoms with E-state index in [1.165, 1.54) is 37.0 Å². The first kappa shape index (κ1) is 17.1. The van der Waals surface area contributed by atoms with Gasteiger partial charge in [0.25, 0.3) is 0 Å². The van der Waals surface area contributed by atoms with Crippen LogP contribution in [0.2, 0.25) is 0 Å². The number of carbonyl (C=O) groups excluding carboxylic acids is 1. The lowest BCUT2D eigenvalue weighted by atomic mass is 10.1. The maximum Gasteiger partial charge on any atom is 0.358 e. The van der Waals surface area contributed by atoms with Crippen LogP contribution in [0.25, 0.3) is 0 Å². The van der Waals surface area contributed by atoms with Gasteiger partial charge in [-0.1, -0.05) is 44.3 Å². The van der Waals surface area contributed by atoms with Gasteiger partial charge in [-0.2, -0.15) is 0 Å². The molecule has 0 amide bonds. The van der Waals surface area contributed by atoms with E-state index in [-0.39, 0.29) is 11.5 Å². The van der Waals surface area contributed by atoms with E-state index in [0.29, 0.717) is 6.61 Å². The van der Waals surface area contributed by atoms with Crippen molar-refractivity contribution in [2.45, 2.75) is 45.4 Å². The molecule has 118 valence electrons. The van der Waals surface area contributed by atoms with Crippen LogP contribution in [0.5, 0.6) is 0 Å². The van der Waals surface area contributed by atoms with E-state index in [1.807, 2.05) is 0 Å². The van der Waals surface area contributed by atoms with Crippen LogP contribution in [0, 0.1) is 0 Å². The second-order valence-electron chi connectivity index (χ2n) is 5.04. The predicted octanol–water partition coefficient (Wildman–Crippen LogP) is 3.49. The summed E-state index contributed by atoms with van der Waals surface area (Å²) in [7, 11) is 3.49. The highest BCUT2D eigenvalue weighted by Gasteiger charge is 2.15. The molecule has 0 saturated heterocycles. The van der Waals surface area contributed by atoms with Gasteiger partial charge in [-0.3, -0.25) is 5.01 Å². The minimum Gasteiger partial charge on any atom is -0.461 e. The number of aromatic amines is 1. The van der Waals surface area contributed by atoms with Crippen molar-refractivity contribution < 1.29 is 9.53 Å². The second kappa shape index (κ2) is 9.90. The number of imidazole rings is 1.